The second kappa shape index (κ2) is 6.81. The summed E-state index contributed by atoms with van der Waals surface area (Å²) < 4.78 is 33.0. The highest BCUT2D eigenvalue weighted by Crippen LogP contribution is 2.24. The summed E-state index contributed by atoms with van der Waals surface area (Å²) in [5.41, 5.74) is 1.47. The lowest BCUT2D eigenvalue weighted by Gasteiger charge is -2.11. The van der Waals surface area contributed by atoms with E-state index in [4.69, 9.17) is 4.74 Å². The van der Waals surface area contributed by atoms with E-state index in [-0.39, 0.29) is 18.4 Å². The first-order valence-corrected chi connectivity index (χ1v) is 7.35. The van der Waals surface area contributed by atoms with E-state index in [2.05, 4.69) is 5.32 Å². The van der Waals surface area contributed by atoms with Gasteiger partial charge in [-0.25, -0.2) is 8.78 Å². The van der Waals surface area contributed by atoms with E-state index >= 15 is 0 Å². The van der Waals surface area contributed by atoms with Gasteiger partial charge in [0, 0.05) is 12.6 Å². The van der Waals surface area contributed by atoms with Gasteiger partial charge in [-0.1, -0.05) is 13.8 Å². The molecule has 0 bridgehead atoms. The van der Waals surface area contributed by atoms with Crippen molar-refractivity contribution in [2.75, 3.05) is 0 Å². The molecule has 0 atom stereocenters. The monoisotopic (exact) mass is 297 g/mol. The molecule has 2 rings (SSSR count). The van der Waals surface area contributed by atoms with Gasteiger partial charge in [-0.2, -0.15) is 11.3 Å². The van der Waals surface area contributed by atoms with Crippen molar-refractivity contribution in [1.29, 1.82) is 0 Å². The normalized spacial score (nSPS) is 11.1. The highest BCUT2D eigenvalue weighted by molar-refractivity contribution is 7.07. The van der Waals surface area contributed by atoms with Crippen LogP contribution in [0.25, 0.3) is 0 Å². The van der Waals surface area contributed by atoms with Crippen molar-refractivity contribution >= 4 is 11.3 Å². The molecule has 0 amide bonds. The third kappa shape index (κ3) is 4.02. The van der Waals surface area contributed by atoms with Gasteiger partial charge in [-0.05, 0) is 40.1 Å². The number of halogens is 2. The quantitative estimate of drug-likeness (QED) is 0.866. The highest BCUT2D eigenvalue weighted by Gasteiger charge is 2.13. The molecule has 0 unspecified atom stereocenters. The molecule has 2 aromatic rings. The Morgan fingerprint density at radius 2 is 1.90 bits per heavy atom. The lowest BCUT2D eigenvalue weighted by Crippen LogP contribution is -2.22. The molecule has 0 saturated heterocycles. The topological polar surface area (TPSA) is 21.3 Å². The van der Waals surface area contributed by atoms with Gasteiger partial charge in [0.05, 0.1) is 0 Å². The fourth-order valence-electron chi connectivity index (χ4n) is 1.70. The van der Waals surface area contributed by atoms with Gasteiger partial charge in [0.15, 0.2) is 17.4 Å². The average Bonchev–Trinajstić information content (AvgIpc) is 2.88. The first kappa shape index (κ1) is 14.9. The summed E-state index contributed by atoms with van der Waals surface area (Å²) in [6.45, 7) is 4.55. The number of benzene rings is 1. The van der Waals surface area contributed by atoms with Crippen LogP contribution in [0.1, 0.15) is 25.0 Å². The van der Waals surface area contributed by atoms with Crippen molar-refractivity contribution in [3.63, 3.8) is 0 Å². The van der Waals surface area contributed by atoms with Crippen molar-refractivity contribution in [2.24, 2.45) is 0 Å². The molecule has 0 radical (unpaired) electrons. The second-order valence-electron chi connectivity index (χ2n) is 4.84. The summed E-state index contributed by atoms with van der Waals surface area (Å²) in [5, 5.41) is 6.90. The van der Waals surface area contributed by atoms with E-state index in [1.54, 1.807) is 0 Å². The summed E-state index contributed by atoms with van der Waals surface area (Å²) in [7, 11) is 0. The number of nitrogens with one attached hydrogen (secondary N) is 1. The van der Waals surface area contributed by atoms with Gasteiger partial charge >= 0.3 is 0 Å². The lowest BCUT2D eigenvalue weighted by molar-refractivity contribution is 0.274. The zero-order valence-corrected chi connectivity index (χ0v) is 12.3. The molecular weight excluding hydrogens is 280 g/mol. The number of rotatable bonds is 6. The van der Waals surface area contributed by atoms with E-state index < -0.39 is 11.6 Å². The molecule has 0 saturated carbocycles. The van der Waals surface area contributed by atoms with Crippen LogP contribution in [-0.4, -0.2) is 6.04 Å². The minimum atomic E-state index is -0.666. The Morgan fingerprint density at radius 3 is 2.45 bits per heavy atom. The standard InChI is InChI=1S/C15H17F2NOS/c1-10(2)18-7-12-5-13(16)15(14(17)6-12)19-8-11-3-4-20-9-11/h3-6,9-10,18H,7-8H2,1-2H3. The Bertz CT molecular complexity index is 532. The van der Waals surface area contributed by atoms with Crippen molar-refractivity contribution < 1.29 is 13.5 Å². The zero-order valence-electron chi connectivity index (χ0n) is 11.5. The van der Waals surface area contributed by atoms with Crippen LogP contribution in [0.4, 0.5) is 8.78 Å². The van der Waals surface area contributed by atoms with E-state index in [1.165, 1.54) is 23.5 Å². The van der Waals surface area contributed by atoms with Crippen LogP contribution in [0, 0.1) is 11.6 Å². The van der Waals surface area contributed by atoms with Crippen molar-refractivity contribution in [3.05, 3.63) is 51.7 Å². The van der Waals surface area contributed by atoms with E-state index in [0.717, 1.165) is 5.56 Å². The zero-order chi connectivity index (χ0) is 14.5. The molecule has 0 spiro atoms. The van der Waals surface area contributed by atoms with Gasteiger partial charge in [0.2, 0.25) is 0 Å². The Hall–Kier alpha value is -1.46. The Balaban J connectivity index is 2.06. The number of hydrogen-bond donors (Lipinski definition) is 1. The predicted octanol–water partition coefficient (Wildman–Crippen LogP) is 4.10. The average molecular weight is 297 g/mol. The maximum absolute atomic E-state index is 13.9. The van der Waals surface area contributed by atoms with E-state index in [0.29, 0.717) is 12.1 Å². The maximum atomic E-state index is 13.9. The Kier molecular flexibility index (Phi) is 5.09. The molecule has 0 aliphatic heterocycles. The van der Waals surface area contributed by atoms with Gasteiger partial charge in [0.1, 0.15) is 6.61 Å². The van der Waals surface area contributed by atoms with Crippen LogP contribution in [0.3, 0.4) is 0 Å². The SMILES string of the molecule is CC(C)NCc1cc(F)c(OCc2ccsc2)c(F)c1. The van der Waals surface area contributed by atoms with Crippen molar-refractivity contribution in [2.45, 2.75) is 33.0 Å². The summed E-state index contributed by atoms with van der Waals surface area (Å²) in [4.78, 5) is 0. The smallest absolute Gasteiger partial charge is 0.191 e. The predicted molar refractivity (Wildman–Crippen MR) is 77.0 cm³/mol. The molecule has 1 aromatic carbocycles. The Labute approximate surface area is 121 Å². The third-order valence-electron chi connectivity index (χ3n) is 2.74. The lowest BCUT2D eigenvalue weighted by atomic mass is 10.2. The second-order valence-corrected chi connectivity index (χ2v) is 5.62. The molecule has 5 heteroatoms. The van der Waals surface area contributed by atoms with Crippen LogP contribution in [-0.2, 0) is 13.2 Å². The third-order valence-corrected chi connectivity index (χ3v) is 3.47. The van der Waals surface area contributed by atoms with Crippen LogP contribution in [0.2, 0.25) is 0 Å². The van der Waals surface area contributed by atoms with Crippen LogP contribution in [0.15, 0.2) is 29.0 Å². The minimum absolute atomic E-state index is 0.168. The first-order chi connectivity index (χ1) is 9.56. The molecule has 0 aliphatic rings. The van der Waals surface area contributed by atoms with Crippen molar-refractivity contribution in [1.82, 2.24) is 5.32 Å². The molecule has 0 fully saturated rings. The number of thiophene rings is 1. The molecule has 2 nitrogen and oxygen atoms in total. The van der Waals surface area contributed by atoms with Crippen LogP contribution in [0.5, 0.6) is 5.75 Å². The minimum Gasteiger partial charge on any atom is -0.483 e. The van der Waals surface area contributed by atoms with E-state index in [1.807, 2.05) is 30.7 Å². The highest BCUT2D eigenvalue weighted by atomic mass is 32.1. The number of hydrogen-bond acceptors (Lipinski definition) is 3. The molecule has 1 aromatic heterocycles. The molecule has 1 N–H and O–H groups in total. The molecule has 20 heavy (non-hydrogen) atoms. The van der Waals surface area contributed by atoms with Gasteiger partial charge < -0.3 is 10.1 Å². The summed E-state index contributed by atoms with van der Waals surface area (Å²) >= 11 is 1.52. The van der Waals surface area contributed by atoms with E-state index in [9.17, 15) is 8.78 Å². The summed E-state index contributed by atoms with van der Waals surface area (Å²) in [5.74, 6) is -1.65. The molecule has 1 heterocycles. The first-order valence-electron chi connectivity index (χ1n) is 6.41. The van der Waals surface area contributed by atoms with Crippen molar-refractivity contribution in [3.8, 4) is 5.75 Å². The van der Waals surface area contributed by atoms with Crippen LogP contribution >= 0.6 is 11.3 Å². The van der Waals surface area contributed by atoms with Gasteiger partial charge in [0.25, 0.3) is 0 Å². The fraction of sp³-hybridized carbons (Fsp3) is 0.333. The maximum Gasteiger partial charge on any atom is 0.191 e. The fourth-order valence-corrected chi connectivity index (χ4v) is 2.36. The summed E-state index contributed by atoms with van der Waals surface area (Å²) in [6, 6.07) is 4.74. The molecular formula is C15H17F2NOS. The molecule has 108 valence electrons. The van der Waals surface area contributed by atoms with Gasteiger partial charge in [-0.15, -0.1) is 0 Å². The molecule has 0 aliphatic carbocycles. The largest absolute Gasteiger partial charge is 0.483 e. The van der Waals surface area contributed by atoms with Crippen LogP contribution < -0.4 is 10.1 Å². The number of ether oxygens (including phenoxy) is 1. The Morgan fingerprint density at radius 1 is 1.20 bits per heavy atom. The summed E-state index contributed by atoms with van der Waals surface area (Å²) in [6.07, 6.45) is 0. The van der Waals surface area contributed by atoms with Gasteiger partial charge in [-0.3, -0.25) is 0 Å².